The highest BCUT2D eigenvalue weighted by Crippen LogP contribution is 2.34. The molecular weight excluding hydrogens is 344 g/mol. The highest BCUT2D eigenvalue weighted by atomic mass is 16.5. The molecule has 0 aromatic heterocycles. The number of rotatable bonds is 5. The first-order valence-electron chi connectivity index (χ1n) is 9.21. The summed E-state index contributed by atoms with van der Waals surface area (Å²) in [7, 11) is 0. The molecule has 4 rings (SSSR count). The number of ether oxygens (including phenoxy) is 2. The average molecular weight is 366 g/mol. The molecule has 2 aliphatic rings. The van der Waals surface area contributed by atoms with E-state index < -0.39 is 0 Å². The number of carbonyl (C=O) groups is 2. The van der Waals surface area contributed by atoms with Gasteiger partial charge in [0.2, 0.25) is 0 Å². The van der Waals surface area contributed by atoms with E-state index in [1.54, 1.807) is 23.1 Å². The average Bonchev–Trinajstić information content (AvgIpc) is 3.22. The van der Waals surface area contributed by atoms with Crippen molar-refractivity contribution in [3.63, 3.8) is 0 Å². The third-order valence-electron chi connectivity index (χ3n) is 4.86. The van der Waals surface area contributed by atoms with Crippen molar-refractivity contribution in [1.82, 2.24) is 5.32 Å². The van der Waals surface area contributed by atoms with Gasteiger partial charge in [0.25, 0.3) is 11.8 Å². The SMILES string of the molecule is O=C(NCC1CCCO1)c1ccc2c(c1)N(Cc1ccccc1)C(=O)CO2. The summed E-state index contributed by atoms with van der Waals surface area (Å²) in [5, 5.41) is 2.92. The molecule has 27 heavy (non-hydrogen) atoms. The normalized spacial score (nSPS) is 18.7. The topological polar surface area (TPSA) is 67.9 Å². The monoisotopic (exact) mass is 366 g/mol. The predicted octanol–water partition coefficient (Wildman–Crippen LogP) is 2.52. The third kappa shape index (κ3) is 3.95. The molecule has 1 fully saturated rings. The zero-order chi connectivity index (χ0) is 18.6. The summed E-state index contributed by atoms with van der Waals surface area (Å²) in [4.78, 5) is 26.6. The molecule has 6 heteroatoms. The van der Waals surface area contributed by atoms with Crippen LogP contribution in [0, 0.1) is 0 Å². The fourth-order valence-electron chi connectivity index (χ4n) is 3.40. The predicted molar refractivity (Wildman–Crippen MR) is 101 cm³/mol. The van der Waals surface area contributed by atoms with Crippen LogP contribution in [0.3, 0.4) is 0 Å². The number of fused-ring (bicyclic) bond motifs is 1. The van der Waals surface area contributed by atoms with Crippen LogP contribution in [0.1, 0.15) is 28.8 Å². The molecular formula is C21H22N2O4. The maximum absolute atomic E-state index is 12.5. The second-order valence-electron chi connectivity index (χ2n) is 6.78. The zero-order valence-electron chi connectivity index (χ0n) is 15.0. The number of carbonyl (C=O) groups excluding carboxylic acids is 2. The van der Waals surface area contributed by atoms with Crippen LogP contribution in [0.25, 0.3) is 0 Å². The van der Waals surface area contributed by atoms with E-state index in [4.69, 9.17) is 9.47 Å². The molecule has 1 unspecified atom stereocenters. The molecule has 2 aliphatic heterocycles. The Morgan fingerprint density at radius 1 is 1.19 bits per heavy atom. The second-order valence-corrected chi connectivity index (χ2v) is 6.78. The van der Waals surface area contributed by atoms with Gasteiger partial charge in [-0.25, -0.2) is 0 Å². The quantitative estimate of drug-likeness (QED) is 0.883. The van der Waals surface area contributed by atoms with Crippen LogP contribution in [0.2, 0.25) is 0 Å². The molecule has 2 aromatic carbocycles. The van der Waals surface area contributed by atoms with Crippen molar-refractivity contribution in [1.29, 1.82) is 0 Å². The molecule has 1 N–H and O–H groups in total. The lowest BCUT2D eigenvalue weighted by Gasteiger charge is -2.30. The van der Waals surface area contributed by atoms with Crippen molar-refractivity contribution >= 4 is 17.5 Å². The fraction of sp³-hybridized carbons (Fsp3) is 0.333. The number of benzene rings is 2. The van der Waals surface area contributed by atoms with Gasteiger partial charge in [-0.3, -0.25) is 9.59 Å². The highest BCUT2D eigenvalue weighted by molar-refractivity contribution is 6.01. The number of amides is 2. The Bertz CT molecular complexity index is 831. The van der Waals surface area contributed by atoms with Gasteiger partial charge in [0.15, 0.2) is 6.61 Å². The van der Waals surface area contributed by atoms with Crippen LogP contribution in [0.4, 0.5) is 5.69 Å². The number of nitrogens with one attached hydrogen (secondary N) is 1. The van der Waals surface area contributed by atoms with Gasteiger partial charge in [-0.2, -0.15) is 0 Å². The van der Waals surface area contributed by atoms with Crippen LogP contribution in [0.15, 0.2) is 48.5 Å². The first kappa shape index (κ1) is 17.5. The van der Waals surface area contributed by atoms with Crippen molar-refractivity contribution in [2.75, 3.05) is 24.7 Å². The largest absolute Gasteiger partial charge is 0.482 e. The summed E-state index contributed by atoms with van der Waals surface area (Å²) < 4.78 is 11.1. The maximum Gasteiger partial charge on any atom is 0.265 e. The zero-order valence-corrected chi connectivity index (χ0v) is 15.0. The first-order chi connectivity index (χ1) is 13.2. The van der Waals surface area contributed by atoms with E-state index >= 15 is 0 Å². The Balaban J connectivity index is 1.53. The van der Waals surface area contributed by atoms with Crippen LogP contribution in [0.5, 0.6) is 5.75 Å². The van der Waals surface area contributed by atoms with E-state index in [1.165, 1.54) is 0 Å². The molecule has 2 amide bonds. The molecule has 1 atom stereocenters. The smallest absolute Gasteiger partial charge is 0.265 e. The van der Waals surface area contributed by atoms with Gasteiger partial charge in [-0.15, -0.1) is 0 Å². The van der Waals surface area contributed by atoms with E-state index in [1.807, 2.05) is 30.3 Å². The molecule has 0 saturated carbocycles. The van der Waals surface area contributed by atoms with Crippen molar-refractivity contribution in [3.05, 3.63) is 59.7 Å². The highest BCUT2D eigenvalue weighted by Gasteiger charge is 2.27. The first-order valence-corrected chi connectivity index (χ1v) is 9.21. The summed E-state index contributed by atoms with van der Waals surface area (Å²) in [6.07, 6.45) is 2.09. The van der Waals surface area contributed by atoms with Gasteiger partial charge in [-0.1, -0.05) is 30.3 Å². The van der Waals surface area contributed by atoms with Gasteiger partial charge in [0.05, 0.1) is 18.3 Å². The Hall–Kier alpha value is -2.86. The van der Waals surface area contributed by atoms with Crippen molar-refractivity contribution in [2.24, 2.45) is 0 Å². The van der Waals surface area contributed by atoms with Gasteiger partial charge in [0, 0.05) is 18.7 Å². The molecule has 0 spiro atoms. The maximum atomic E-state index is 12.5. The minimum Gasteiger partial charge on any atom is -0.482 e. The summed E-state index contributed by atoms with van der Waals surface area (Å²) >= 11 is 0. The van der Waals surface area contributed by atoms with Crippen molar-refractivity contribution < 1.29 is 19.1 Å². The molecule has 6 nitrogen and oxygen atoms in total. The minimum absolute atomic E-state index is 0.00436. The molecule has 140 valence electrons. The van der Waals surface area contributed by atoms with Crippen molar-refractivity contribution in [3.8, 4) is 5.75 Å². The molecule has 0 aliphatic carbocycles. The van der Waals surface area contributed by atoms with Crippen LogP contribution in [-0.4, -0.2) is 37.7 Å². The minimum atomic E-state index is -0.175. The molecule has 1 saturated heterocycles. The Morgan fingerprint density at radius 2 is 2.04 bits per heavy atom. The number of anilines is 1. The van der Waals surface area contributed by atoms with Crippen LogP contribution < -0.4 is 15.0 Å². The molecule has 2 heterocycles. The molecule has 0 bridgehead atoms. The van der Waals surface area contributed by atoms with E-state index in [0.717, 1.165) is 25.0 Å². The number of hydrogen-bond acceptors (Lipinski definition) is 4. The van der Waals surface area contributed by atoms with Gasteiger partial charge >= 0.3 is 0 Å². The lowest BCUT2D eigenvalue weighted by molar-refractivity contribution is -0.121. The lowest BCUT2D eigenvalue weighted by atomic mass is 10.1. The Kier molecular flexibility index (Phi) is 5.07. The Labute approximate surface area is 158 Å². The van der Waals surface area contributed by atoms with Gasteiger partial charge < -0.3 is 19.7 Å². The molecule has 0 radical (unpaired) electrons. The Morgan fingerprint density at radius 3 is 2.81 bits per heavy atom. The number of hydrogen-bond donors (Lipinski definition) is 1. The van der Waals surface area contributed by atoms with E-state index in [9.17, 15) is 9.59 Å². The standard InChI is InChI=1S/C21H22N2O4/c24-20-14-27-19-9-8-16(21(25)22-12-17-7-4-10-26-17)11-18(19)23(20)13-15-5-2-1-3-6-15/h1-3,5-6,8-9,11,17H,4,7,10,12-14H2,(H,22,25). The fourth-order valence-corrected chi connectivity index (χ4v) is 3.40. The number of nitrogens with zero attached hydrogens (tertiary/aromatic N) is 1. The van der Waals surface area contributed by atoms with Crippen LogP contribution >= 0.6 is 0 Å². The van der Waals surface area contributed by atoms with Crippen LogP contribution in [-0.2, 0) is 16.1 Å². The molecule has 2 aromatic rings. The van der Waals surface area contributed by atoms with Crippen molar-refractivity contribution in [2.45, 2.75) is 25.5 Å². The summed E-state index contributed by atoms with van der Waals surface area (Å²) in [6, 6.07) is 15.0. The summed E-state index contributed by atoms with van der Waals surface area (Å²) in [5.74, 6) is 0.315. The van der Waals surface area contributed by atoms with E-state index in [0.29, 0.717) is 30.1 Å². The lowest BCUT2D eigenvalue weighted by Crippen LogP contribution is -2.38. The van der Waals surface area contributed by atoms with Gasteiger partial charge in [0.1, 0.15) is 5.75 Å². The second kappa shape index (κ2) is 7.80. The summed E-state index contributed by atoms with van der Waals surface area (Å²) in [6.45, 7) is 1.70. The summed E-state index contributed by atoms with van der Waals surface area (Å²) in [5.41, 5.74) is 2.15. The van der Waals surface area contributed by atoms with Gasteiger partial charge in [-0.05, 0) is 36.6 Å². The third-order valence-corrected chi connectivity index (χ3v) is 4.86. The van der Waals surface area contributed by atoms with E-state index in [-0.39, 0.29) is 24.5 Å². The van der Waals surface area contributed by atoms with E-state index in [2.05, 4.69) is 5.32 Å².